The molecule has 0 amide bonds. The molecule has 180 valence electrons. The monoisotopic (exact) mass is 490 g/mol. The van der Waals surface area contributed by atoms with Crippen molar-refractivity contribution in [3.8, 4) is 5.75 Å². The first-order valence-corrected chi connectivity index (χ1v) is 13.1. The van der Waals surface area contributed by atoms with E-state index >= 15 is 0 Å². The fraction of sp³-hybridized carbons (Fsp3) is 0.571. The summed E-state index contributed by atoms with van der Waals surface area (Å²) >= 11 is 0.912. The number of hydrogen-bond donors (Lipinski definition) is 2. The predicted molar refractivity (Wildman–Crippen MR) is 121 cm³/mol. The zero-order valence-corrected chi connectivity index (χ0v) is 20.1. The maximum absolute atomic E-state index is 12.2. The first-order valence-electron chi connectivity index (χ1n) is 10.5. The van der Waals surface area contributed by atoms with Crippen molar-refractivity contribution in [3.63, 3.8) is 0 Å². The second-order valence-corrected chi connectivity index (χ2v) is 9.64. The van der Waals surface area contributed by atoms with Gasteiger partial charge < -0.3 is 19.5 Å². The summed E-state index contributed by atoms with van der Waals surface area (Å²) in [7, 11) is -4.91. The molecule has 0 bridgehead atoms. The van der Waals surface area contributed by atoms with Crippen molar-refractivity contribution in [2.75, 3.05) is 19.0 Å². The average molecular weight is 491 g/mol. The summed E-state index contributed by atoms with van der Waals surface area (Å²) in [6, 6.07) is 5.59. The second-order valence-electron chi connectivity index (χ2n) is 6.90. The molecule has 1 aromatic carbocycles. The molecule has 0 aliphatic rings. The Morgan fingerprint density at radius 3 is 2.47 bits per heavy atom. The molecule has 0 spiro atoms. The van der Waals surface area contributed by atoms with Gasteiger partial charge in [-0.15, -0.1) is 0 Å². The minimum atomic E-state index is -4.91. The Bertz CT molecular complexity index is 799. The third-order valence-corrected chi connectivity index (χ3v) is 6.30. The van der Waals surface area contributed by atoms with Crippen molar-refractivity contribution in [2.24, 2.45) is 0 Å². The van der Waals surface area contributed by atoms with Gasteiger partial charge in [0.1, 0.15) is 11.3 Å². The van der Waals surface area contributed by atoms with Crippen LogP contribution in [0.25, 0.3) is 0 Å². The number of aliphatic hydroxyl groups excluding tert-OH is 1. The van der Waals surface area contributed by atoms with E-state index in [1.54, 1.807) is 6.92 Å². The van der Waals surface area contributed by atoms with E-state index in [9.17, 15) is 28.9 Å². The molecule has 11 heteroatoms. The molecule has 9 nitrogen and oxygen atoms in total. The van der Waals surface area contributed by atoms with Gasteiger partial charge in [0.05, 0.1) is 19.3 Å². The lowest BCUT2D eigenvalue weighted by Crippen LogP contribution is -2.20. The topological polar surface area (TPSA) is 136 Å². The molecule has 1 aromatic rings. The fourth-order valence-corrected chi connectivity index (χ4v) is 3.96. The maximum atomic E-state index is 12.2. The van der Waals surface area contributed by atoms with E-state index < -0.39 is 32.0 Å². The van der Waals surface area contributed by atoms with Gasteiger partial charge in [0.25, 0.3) is 0 Å². The largest absolute Gasteiger partial charge is 0.462 e. The summed E-state index contributed by atoms with van der Waals surface area (Å²) in [4.78, 5) is 45.7. The minimum absolute atomic E-state index is 0.0332. The SMILES string of the molecule is CCCCCCCC(=O)SCC(O)COP(=O)(O)C(=O)Oc1ccccc1C(=O)OCC. The Morgan fingerprint density at radius 1 is 1.09 bits per heavy atom. The molecular weight excluding hydrogens is 459 g/mol. The number of carbonyl (C=O) groups excluding carboxylic acids is 3. The summed E-state index contributed by atoms with van der Waals surface area (Å²) in [6.45, 7) is 3.17. The smallest absolute Gasteiger partial charge is 0.436 e. The quantitative estimate of drug-likeness (QED) is 0.205. The van der Waals surface area contributed by atoms with Crippen molar-refractivity contribution >= 4 is 36.2 Å². The number of rotatable bonds is 15. The van der Waals surface area contributed by atoms with Gasteiger partial charge >= 0.3 is 19.3 Å². The predicted octanol–water partition coefficient (Wildman–Crippen LogP) is 4.55. The lowest BCUT2D eigenvalue weighted by Gasteiger charge is -2.15. The fourth-order valence-electron chi connectivity index (χ4n) is 2.51. The lowest BCUT2D eigenvalue weighted by molar-refractivity contribution is -0.111. The number of esters is 1. The van der Waals surface area contributed by atoms with Gasteiger partial charge in [-0.1, -0.05) is 56.5 Å². The normalized spacial score (nSPS) is 13.8. The van der Waals surface area contributed by atoms with Gasteiger partial charge in [0.15, 0.2) is 5.12 Å². The zero-order valence-electron chi connectivity index (χ0n) is 18.4. The van der Waals surface area contributed by atoms with Crippen LogP contribution in [-0.4, -0.2) is 51.9 Å². The van der Waals surface area contributed by atoms with Crippen LogP contribution in [0.4, 0.5) is 4.79 Å². The average Bonchev–Trinajstić information content (AvgIpc) is 2.76. The van der Waals surface area contributed by atoms with Crippen molar-refractivity contribution in [3.05, 3.63) is 29.8 Å². The van der Waals surface area contributed by atoms with Gasteiger partial charge in [-0.25, -0.2) is 14.2 Å². The van der Waals surface area contributed by atoms with Crippen molar-refractivity contribution in [1.82, 2.24) is 0 Å². The molecule has 2 unspecified atom stereocenters. The molecule has 2 N–H and O–H groups in total. The summed E-state index contributed by atoms with van der Waals surface area (Å²) < 4.78 is 26.5. The van der Waals surface area contributed by atoms with Crippen molar-refractivity contribution < 1.29 is 42.9 Å². The van der Waals surface area contributed by atoms with Crippen LogP contribution in [0.1, 0.15) is 62.7 Å². The van der Waals surface area contributed by atoms with Crippen LogP contribution in [0.5, 0.6) is 5.75 Å². The third-order valence-electron chi connectivity index (χ3n) is 4.17. The maximum Gasteiger partial charge on any atom is 0.436 e. The number of carbonyl (C=O) groups is 3. The van der Waals surface area contributed by atoms with E-state index in [0.717, 1.165) is 43.9 Å². The van der Waals surface area contributed by atoms with Crippen molar-refractivity contribution in [2.45, 2.75) is 58.5 Å². The molecular formula is C21H31O9PS. The van der Waals surface area contributed by atoms with E-state index in [2.05, 4.69) is 11.4 Å². The van der Waals surface area contributed by atoms with E-state index in [1.807, 2.05) is 0 Å². The Kier molecular flexibility index (Phi) is 13.4. The standard InChI is InChI=1S/C21H31O9PS/c1-3-5-6-7-8-13-19(23)32-15-16(22)14-29-31(26,27)21(25)30-18-12-10-9-11-17(18)20(24)28-4-2/h9-12,16,22H,3-8,13-15H2,1-2H3,(H,26,27). The van der Waals surface area contributed by atoms with Gasteiger partial charge in [-0.05, 0) is 25.5 Å². The Balaban J connectivity index is 2.47. The number of thioether (sulfide) groups is 1. The van der Waals surface area contributed by atoms with Crippen LogP contribution in [0, 0.1) is 0 Å². The number of para-hydroxylation sites is 1. The number of unbranched alkanes of at least 4 members (excludes halogenated alkanes) is 4. The highest BCUT2D eigenvalue weighted by Gasteiger charge is 2.35. The van der Waals surface area contributed by atoms with Crippen LogP contribution < -0.4 is 4.74 Å². The highest BCUT2D eigenvalue weighted by molar-refractivity contribution is 8.13. The van der Waals surface area contributed by atoms with E-state index in [1.165, 1.54) is 24.3 Å². The third kappa shape index (κ3) is 10.7. The first kappa shape index (κ1) is 28.3. The van der Waals surface area contributed by atoms with Gasteiger partial charge in [0.2, 0.25) is 0 Å². The number of ether oxygens (including phenoxy) is 2. The molecule has 0 saturated heterocycles. The molecule has 0 fully saturated rings. The summed E-state index contributed by atoms with van der Waals surface area (Å²) in [5.41, 5.74) is -1.69. The molecule has 32 heavy (non-hydrogen) atoms. The number of benzene rings is 1. The molecule has 0 aliphatic carbocycles. The Labute approximate surface area is 192 Å². The van der Waals surface area contributed by atoms with Crippen LogP contribution >= 0.6 is 19.4 Å². The zero-order chi connectivity index (χ0) is 24.0. The molecule has 1 rings (SSSR count). The number of hydrogen-bond acceptors (Lipinski definition) is 9. The molecule has 0 radical (unpaired) electrons. The molecule has 0 saturated carbocycles. The minimum Gasteiger partial charge on any atom is -0.462 e. The lowest BCUT2D eigenvalue weighted by atomic mass is 10.1. The van der Waals surface area contributed by atoms with E-state index in [0.29, 0.717) is 6.42 Å². The van der Waals surface area contributed by atoms with Crippen LogP contribution in [-0.2, 0) is 18.6 Å². The van der Waals surface area contributed by atoms with E-state index in [4.69, 9.17) is 9.47 Å². The number of aliphatic hydroxyl groups is 1. The summed E-state index contributed by atoms with van der Waals surface area (Å²) in [5, 5.41) is 9.83. The van der Waals surface area contributed by atoms with E-state index in [-0.39, 0.29) is 28.8 Å². The highest BCUT2D eigenvalue weighted by atomic mass is 32.2. The molecule has 2 atom stereocenters. The van der Waals surface area contributed by atoms with Gasteiger partial charge in [-0.2, -0.15) is 0 Å². The second kappa shape index (κ2) is 15.2. The van der Waals surface area contributed by atoms with Crippen LogP contribution in [0.15, 0.2) is 24.3 Å². The molecule has 0 heterocycles. The van der Waals surface area contributed by atoms with Crippen LogP contribution in [0.3, 0.4) is 0 Å². The highest BCUT2D eigenvalue weighted by Crippen LogP contribution is 2.44. The Hall–Kier alpha value is -1.71. The molecule has 0 aliphatic heterocycles. The first-order chi connectivity index (χ1) is 15.2. The molecule has 0 aromatic heterocycles. The summed E-state index contributed by atoms with van der Waals surface area (Å²) in [6.07, 6.45) is 4.25. The van der Waals surface area contributed by atoms with Crippen LogP contribution in [0.2, 0.25) is 0 Å². The Morgan fingerprint density at radius 2 is 1.78 bits per heavy atom. The van der Waals surface area contributed by atoms with Crippen molar-refractivity contribution in [1.29, 1.82) is 0 Å². The van der Waals surface area contributed by atoms with Gasteiger partial charge in [-0.3, -0.25) is 9.32 Å². The van der Waals surface area contributed by atoms with Gasteiger partial charge in [0, 0.05) is 12.2 Å². The summed E-state index contributed by atoms with van der Waals surface area (Å²) in [5.74, 6) is -1.05.